The molecular weight excluding hydrogens is 390 g/mol. The molecule has 0 fully saturated rings. The summed E-state index contributed by atoms with van der Waals surface area (Å²) in [6.45, 7) is 1.75. The van der Waals surface area contributed by atoms with Crippen LogP contribution in [0.1, 0.15) is 27.7 Å². The zero-order valence-electron chi connectivity index (χ0n) is 14.5. The van der Waals surface area contributed by atoms with E-state index in [9.17, 15) is 0 Å². The van der Waals surface area contributed by atoms with Gasteiger partial charge in [-0.25, -0.2) is 0 Å². The standard InChI is InChI=1S/C18H18ClN3O2S2/c1-23-14-8-11-5-6-22(10-13-18(19)26-21-20-13)17(16-4-3-7-25-16)12(11)9-15(14)24-2/h3-4,7-9,17H,5-6,10H2,1-2H3/p+1/t17-/m0/s1. The summed E-state index contributed by atoms with van der Waals surface area (Å²) in [4.78, 5) is 2.74. The summed E-state index contributed by atoms with van der Waals surface area (Å²) in [7, 11) is 3.36. The predicted molar refractivity (Wildman–Crippen MR) is 104 cm³/mol. The van der Waals surface area contributed by atoms with Gasteiger partial charge in [0.2, 0.25) is 0 Å². The van der Waals surface area contributed by atoms with Crippen molar-refractivity contribution in [2.45, 2.75) is 19.0 Å². The van der Waals surface area contributed by atoms with Gasteiger partial charge in [0, 0.05) is 23.5 Å². The van der Waals surface area contributed by atoms with Gasteiger partial charge in [0.1, 0.15) is 22.6 Å². The number of aromatic nitrogens is 2. The number of thiophene rings is 1. The molecule has 8 heteroatoms. The summed E-state index contributed by atoms with van der Waals surface area (Å²) in [6, 6.07) is 8.75. The largest absolute Gasteiger partial charge is 0.493 e. The fourth-order valence-corrected chi connectivity index (χ4v) is 5.13. The number of hydrogen-bond acceptors (Lipinski definition) is 6. The molecule has 1 aromatic carbocycles. The van der Waals surface area contributed by atoms with E-state index >= 15 is 0 Å². The summed E-state index contributed by atoms with van der Waals surface area (Å²) in [5.41, 5.74) is 3.47. The van der Waals surface area contributed by atoms with E-state index in [0.717, 1.165) is 36.7 Å². The number of fused-ring (bicyclic) bond motifs is 1. The third-order valence-corrected chi connectivity index (χ3v) is 6.73. The van der Waals surface area contributed by atoms with Crippen molar-refractivity contribution in [3.05, 3.63) is 55.7 Å². The summed E-state index contributed by atoms with van der Waals surface area (Å²) in [5.74, 6) is 1.55. The highest BCUT2D eigenvalue weighted by atomic mass is 35.5. The first kappa shape index (κ1) is 17.7. The SMILES string of the molecule is COc1cc2c(cc1OC)[C@@H](c1cccs1)[NH+](Cc1nnsc1Cl)CC2. The molecule has 1 unspecified atom stereocenters. The van der Waals surface area contributed by atoms with Crippen LogP contribution in [-0.4, -0.2) is 30.4 Å². The molecule has 4 rings (SSSR count). The zero-order chi connectivity index (χ0) is 18.1. The van der Waals surface area contributed by atoms with Crippen LogP contribution in [0.15, 0.2) is 29.6 Å². The molecule has 0 saturated carbocycles. The molecule has 0 radical (unpaired) electrons. The summed E-state index contributed by atoms with van der Waals surface area (Å²) in [5, 5.41) is 6.34. The molecule has 1 aliphatic rings. The van der Waals surface area contributed by atoms with Crippen LogP contribution >= 0.6 is 34.5 Å². The van der Waals surface area contributed by atoms with Crippen LogP contribution in [0.4, 0.5) is 0 Å². The Kier molecular flexibility index (Phi) is 5.13. The maximum Gasteiger partial charge on any atom is 0.161 e. The Hall–Kier alpha value is -1.67. The van der Waals surface area contributed by atoms with Crippen molar-refractivity contribution in [1.82, 2.24) is 9.59 Å². The monoisotopic (exact) mass is 408 g/mol. The molecule has 2 atom stereocenters. The second-order valence-electron chi connectivity index (χ2n) is 6.18. The van der Waals surface area contributed by atoms with Crippen LogP contribution in [0.2, 0.25) is 4.34 Å². The number of hydrogen-bond donors (Lipinski definition) is 1. The summed E-state index contributed by atoms with van der Waals surface area (Å²) >= 11 is 9.29. The number of quaternary nitrogens is 1. The molecule has 5 nitrogen and oxygen atoms in total. The molecule has 0 amide bonds. The van der Waals surface area contributed by atoms with Crippen molar-refractivity contribution < 1.29 is 14.4 Å². The molecule has 0 saturated heterocycles. The van der Waals surface area contributed by atoms with Crippen LogP contribution in [0.3, 0.4) is 0 Å². The lowest BCUT2D eigenvalue weighted by Crippen LogP contribution is -3.12. The molecule has 0 spiro atoms. The highest BCUT2D eigenvalue weighted by Gasteiger charge is 2.35. The quantitative estimate of drug-likeness (QED) is 0.705. The van der Waals surface area contributed by atoms with Gasteiger partial charge < -0.3 is 14.4 Å². The molecular formula is C18H19ClN3O2S2+. The Bertz CT molecular complexity index is 898. The number of ether oxygens (including phenoxy) is 2. The van der Waals surface area contributed by atoms with Crippen molar-refractivity contribution in [2.75, 3.05) is 20.8 Å². The third-order valence-electron chi connectivity index (χ3n) is 4.81. The first-order valence-corrected chi connectivity index (χ1v) is 10.3. The maximum atomic E-state index is 6.27. The Labute approximate surface area is 165 Å². The van der Waals surface area contributed by atoms with E-state index in [2.05, 4.69) is 39.2 Å². The van der Waals surface area contributed by atoms with Gasteiger partial charge in [-0.2, -0.15) is 0 Å². The predicted octanol–water partition coefficient (Wildman–Crippen LogP) is 3.00. The van der Waals surface area contributed by atoms with Crippen LogP contribution < -0.4 is 14.4 Å². The van der Waals surface area contributed by atoms with Crippen molar-refractivity contribution in [3.8, 4) is 11.5 Å². The molecule has 2 aromatic heterocycles. The lowest BCUT2D eigenvalue weighted by atomic mass is 9.90. The second kappa shape index (κ2) is 7.52. The highest BCUT2D eigenvalue weighted by molar-refractivity contribution is 7.10. The van der Waals surface area contributed by atoms with Crippen molar-refractivity contribution in [3.63, 3.8) is 0 Å². The van der Waals surface area contributed by atoms with Crippen molar-refractivity contribution in [2.24, 2.45) is 0 Å². The molecule has 0 bridgehead atoms. The van der Waals surface area contributed by atoms with E-state index in [1.807, 2.05) is 0 Å². The number of benzene rings is 1. The minimum Gasteiger partial charge on any atom is -0.493 e. The second-order valence-corrected chi connectivity index (χ2v) is 8.52. The van der Waals surface area contributed by atoms with Gasteiger partial charge in [-0.1, -0.05) is 22.2 Å². The summed E-state index contributed by atoms with van der Waals surface area (Å²) in [6.07, 6.45) is 0.974. The Morgan fingerprint density at radius 1 is 1.27 bits per heavy atom. The topological polar surface area (TPSA) is 48.7 Å². The molecule has 1 N–H and O–H groups in total. The van der Waals surface area contributed by atoms with Gasteiger partial charge in [0.05, 0.1) is 25.6 Å². The third kappa shape index (κ3) is 3.20. The molecule has 26 heavy (non-hydrogen) atoms. The van der Waals surface area contributed by atoms with Crippen LogP contribution in [0, 0.1) is 0 Å². The number of nitrogens with zero attached hydrogens (tertiary/aromatic N) is 2. The van der Waals surface area contributed by atoms with E-state index in [4.69, 9.17) is 21.1 Å². The first-order chi connectivity index (χ1) is 12.7. The van der Waals surface area contributed by atoms with Crippen molar-refractivity contribution >= 4 is 34.5 Å². The average Bonchev–Trinajstić information content (AvgIpc) is 3.32. The van der Waals surface area contributed by atoms with Crippen LogP contribution in [0.5, 0.6) is 11.5 Å². The van der Waals surface area contributed by atoms with E-state index in [0.29, 0.717) is 4.34 Å². The average molecular weight is 409 g/mol. The molecule has 3 aromatic rings. The smallest absolute Gasteiger partial charge is 0.161 e. The van der Waals surface area contributed by atoms with Gasteiger partial charge in [-0.15, -0.1) is 16.4 Å². The minimum atomic E-state index is 0.219. The van der Waals surface area contributed by atoms with E-state index < -0.39 is 0 Å². The highest BCUT2D eigenvalue weighted by Crippen LogP contribution is 2.37. The van der Waals surface area contributed by atoms with E-state index in [1.54, 1.807) is 25.6 Å². The minimum absolute atomic E-state index is 0.219. The van der Waals surface area contributed by atoms with E-state index in [-0.39, 0.29) is 6.04 Å². The fraction of sp³-hybridized carbons (Fsp3) is 0.333. The lowest BCUT2D eigenvalue weighted by molar-refractivity contribution is -0.941. The fourth-order valence-electron chi connectivity index (χ4n) is 3.60. The van der Waals surface area contributed by atoms with Gasteiger partial charge in [-0.05, 0) is 29.1 Å². The number of rotatable bonds is 5. The molecule has 136 valence electrons. The normalized spacial score (nSPS) is 19.2. The Balaban J connectivity index is 1.78. The Morgan fingerprint density at radius 3 is 2.73 bits per heavy atom. The molecule has 3 heterocycles. The van der Waals surface area contributed by atoms with Gasteiger partial charge in [-0.3, -0.25) is 0 Å². The zero-order valence-corrected chi connectivity index (χ0v) is 16.9. The summed E-state index contributed by atoms with van der Waals surface area (Å²) < 4.78 is 15.7. The van der Waals surface area contributed by atoms with Crippen LogP contribution in [-0.2, 0) is 13.0 Å². The van der Waals surface area contributed by atoms with Crippen LogP contribution in [0.25, 0.3) is 0 Å². The maximum absolute atomic E-state index is 6.27. The number of halogens is 1. The Morgan fingerprint density at radius 2 is 2.08 bits per heavy atom. The lowest BCUT2D eigenvalue weighted by Gasteiger charge is -2.34. The van der Waals surface area contributed by atoms with Gasteiger partial charge in [0.25, 0.3) is 0 Å². The van der Waals surface area contributed by atoms with Gasteiger partial charge >= 0.3 is 0 Å². The molecule has 0 aliphatic carbocycles. The molecule has 1 aliphatic heterocycles. The first-order valence-electron chi connectivity index (χ1n) is 8.30. The van der Waals surface area contributed by atoms with E-state index in [1.165, 1.54) is 32.4 Å². The van der Waals surface area contributed by atoms with Gasteiger partial charge in [0.15, 0.2) is 11.5 Å². The number of methoxy groups -OCH3 is 2. The number of nitrogens with one attached hydrogen (secondary N) is 1. The van der Waals surface area contributed by atoms with Crippen molar-refractivity contribution in [1.29, 1.82) is 0 Å².